The van der Waals surface area contributed by atoms with Crippen LogP contribution >= 0.6 is 26.8 Å². The normalized spacial score (nSPS) is 9.39. The number of hydrogen-bond acceptors (Lipinski definition) is 0. The van der Waals surface area contributed by atoms with Crippen molar-refractivity contribution >= 4 is 73.4 Å². The van der Waals surface area contributed by atoms with Gasteiger partial charge in [-0.2, -0.15) is 0 Å². The predicted molar refractivity (Wildman–Crippen MR) is 87.2 cm³/mol. The van der Waals surface area contributed by atoms with Gasteiger partial charge in [-0.1, -0.05) is 72.9 Å². The zero-order valence-electron chi connectivity index (χ0n) is 10.4. The van der Waals surface area contributed by atoms with E-state index in [1.165, 1.54) is 31.6 Å². The van der Waals surface area contributed by atoms with Crippen LogP contribution in [0.15, 0.2) is 60.7 Å². The third-order valence-electron chi connectivity index (χ3n) is 2.44. The van der Waals surface area contributed by atoms with Crippen molar-refractivity contribution < 1.29 is 0 Å². The van der Waals surface area contributed by atoms with Crippen LogP contribution in [0.2, 0.25) is 0 Å². The van der Waals surface area contributed by atoms with Crippen LogP contribution in [0, 0.1) is 0 Å². The van der Waals surface area contributed by atoms with Gasteiger partial charge in [0.05, 0.1) is 0 Å². The van der Waals surface area contributed by atoms with Gasteiger partial charge in [-0.3, -0.25) is 0 Å². The van der Waals surface area contributed by atoms with Crippen molar-refractivity contribution in [1.82, 2.24) is 0 Å². The first-order chi connectivity index (χ1) is 8.92. The first-order valence-corrected chi connectivity index (χ1v) is 11.2. The minimum atomic E-state index is -0.420. The van der Waals surface area contributed by atoms with Crippen LogP contribution in [0.5, 0.6) is 0 Å². The average Bonchev–Trinajstić information content (AvgIpc) is 2.49. The van der Waals surface area contributed by atoms with Crippen molar-refractivity contribution in [3.63, 3.8) is 0 Å². The summed E-state index contributed by atoms with van der Waals surface area (Å²) in [6.07, 6.45) is 0. The number of hydrogen-bond donors (Lipinski definition) is 0. The second kappa shape index (κ2) is 10.6. The van der Waals surface area contributed by atoms with Crippen molar-refractivity contribution in [3.05, 3.63) is 60.7 Å². The molecule has 0 N–H and O–H groups in total. The minimum absolute atomic E-state index is 0.221. The topological polar surface area (TPSA) is 0 Å². The zero-order chi connectivity index (χ0) is 13.2. The van der Waals surface area contributed by atoms with Crippen LogP contribution in [0.3, 0.4) is 0 Å². The quantitative estimate of drug-likeness (QED) is 0.601. The Bertz CT molecular complexity index is 388. The summed E-state index contributed by atoms with van der Waals surface area (Å²) in [6, 6.07) is 21.5. The van der Waals surface area contributed by atoms with E-state index in [1.807, 2.05) is 0 Å². The van der Waals surface area contributed by atoms with Gasteiger partial charge < -0.3 is 9.07 Å². The summed E-state index contributed by atoms with van der Waals surface area (Å²) in [4.78, 5) is 0. The fraction of sp³-hybridized carbons (Fsp3) is 0.0769. The van der Waals surface area contributed by atoms with E-state index in [-0.39, 0.29) is 7.92 Å². The monoisotopic (exact) mass is 300 g/mol. The summed E-state index contributed by atoms with van der Waals surface area (Å²) in [7, 11) is 10.5. The van der Waals surface area contributed by atoms with Crippen LogP contribution in [0.25, 0.3) is 0 Å². The molecule has 0 nitrogen and oxygen atoms in total. The van der Waals surface area contributed by atoms with E-state index >= 15 is 0 Å². The van der Waals surface area contributed by atoms with E-state index in [4.69, 9.17) is 9.07 Å². The molecular formula is C13H12Cl2LiMgP. The van der Waals surface area contributed by atoms with Gasteiger partial charge in [-0.05, 0) is 10.6 Å². The van der Waals surface area contributed by atoms with E-state index in [0.717, 1.165) is 0 Å². The molecule has 18 heavy (non-hydrogen) atoms. The summed E-state index contributed by atoms with van der Waals surface area (Å²) in [5.41, 5.74) is 0. The van der Waals surface area contributed by atoms with Gasteiger partial charge in [0, 0.05) is 0 Å². The molecule has 0 saturated heterocycles. The van der Waals surface area contributed by atoms with Crippen LogP contribution in [0.1, 0.15) is 0 Å². The first kappa shape index (κ1) is 16.9. The molecule has 2 aromatic carbocycles. The van der Waals surface area contributed by atoms with Gasteiger partial charge in [0.25, 0.3) is 0 Å². The van der Waals surface area contributed by atoms with Gasteiger partial charge in [0.15, 0.2) is 0 Å². The standard InChI is InChI=1S/C13H12P.2ClH.Li.Mg/c1-14(12-8-4-2-5-9-12)13-10-6-3-7-11-13;;;;/h2-11H,1H2;2*1H;;/q;;;2*+1/p-2. The molecule has 2 rings (SSSR count). The molecule has 0 atom stereocenters. The summed E-state index contributed by atoms with van der Waals surface area (Å²) in [5, 5.41) is 2.88. The van der Waals surface area contributed by atoms with Crippen LogP contribution in [-0.2, 0) is 0 Å². The van der Waals surface area contributed by atoms with Crippen molar-refractivity contribution in [2.45, 2.75) is 0 Å². The second-order valence-electron chi connectivity index (χ2n) is 3.51. The van der Waals surface area contributed by atoms with Gasteiger partial charge >= 0.3 is 45.8 Å². The Balaban J connectivity index is 0.000000771. The molecule has 0 saturated carbocycles. The maximum absolute atomic E-state index is 6.05. The van der Waals surface area contributed by atoms with E-state index in [1.54, 1.807) is 0 Å². The molecule has 0 radical (unpaired) electrons. The third-order valence-corrected chi connectivity index (χ3v) is 8.27. The van der Waals surface area contributed by atoms with Crippen molar-refractivity contribution in [1.29, 1.82) is 0 Å². The fourth-order valence-electron chi connectivity index (χ4n) is 1.71. The Labute approximate surface area is 137 Å². The van der Waals surface area contributed by atoms with E-state index in [9.17, 15) is 0 Å². The predicted octanol–water partition coefficient (Wildman–Crippen LogP) is 3.24. The van der Waals surface area contributed by atoms with E-state index in [2.05, 4.69) is 70.5 Å². The van der Waals surface area contributed by atoms with Crippen molar-refractivity contribution in [2.24, 2.45) is 0 Å². The second-order valence-corrected chi connectivity index (χ2v) is 8.70. The number of halogens is 2. The first-order valence-electron chi connectivity index (χ1n) is 5.73. The molecule has 0 aromatic heterocycles. The van der Waals surface area contributed by atoms with Crippen molar-refractivity contribution in [3.8, 4) is 0 Å². The Morgan fingerprint density at radius 2 is 1.22 bits per heavy atom. The number of benzene rings is 2. The summed E-state index contributed by atoms with van der Waals surface area (Å²) >= 11 is 1.05. The Morgan fingerprint density at radius 1 is 0.833 bits per heavy atom. The Kier molecular flexibility index (Phi) is 9.92. The van der Waals surface area contributed by atoms with E-state index in [0.29, 0.717) is 0 Å². The maximum atomic E-state index is 6.05. The molecule has 0 amide bonds. The third kappa shape index (κ3) is 5.44. The Hall–Kier alpha value is 0.814. The molecule has 5 heteroatoms. The van der Waals surface area contributed by atoms with Crippen molar-refractivity contribution in [2.75, 3.05) is 4.29 Å². The van der Waals surface area contributed by atoms with Gasteiger partial charge in [-0.25, -0.2) is 0 Å². The van der Waals surface area contributed by atoms with E-state index < -0.39 is 19.3 Å². The summed E-state index contributed by atoms with van der Waals surface area (Å²) in [6.45, 7) is 0. The van der Waals surface area contributed by atoms with Crippen LogP contribution in [0.4, 0.5) is 0 Å². The molecule has 0 fully saturated rings. The molecule has 0 aliphatic carbocycles. The molecule has 0 heterocycles. The molecule has 0 spiro atoms. The van der Waals surface area contributed by atoms with Crippen LogP contribution in [-0.4, -0.2) is 40.3 Å². The zero-order valence-corrected chi connectivity index (χ0v) is 14.2. The average molecular weight is 301 g/mol. The molecule has 2 aromatic rings. The molecule has 86 valence electrons. The van der Waals surface area contributed by atoms with Gasteiger partial charge in [0.1, 0.15) is 0 Å². The SMILES string of the molecule is [Cl][Mg][CH2]P(c1ccccc1)c1ccccc1.[Li][Cl]. The fourth-order valence-corrected chi connectivity index (χ4v) is 7.33. The van der Waals surface area contributed by atoms with Crippen LogP contribution < -0.4 is 10.6 Å². The molecular weight excluding hydrogens is 289 g/mol. The molecule has 0 bridgehead atoms. The number of rotatable bonds is 4. The molecule has 0 aliphatic heterocycles. The molecule has 0 unspecified atom stereocenters. The van der Waals surface area contributed by atoms with Gasteiger partial charge in [-0.15, -0.1) is 0 Å². The van der Waals surface area contributed by atoms with Gasteiger partial charge in [0.2, 0.25) is 0 Å². The summed E-state index contributed by atoms with van der Waals surface area (Å²) in [5.74, 6) is 0. The summed E-state index contributed by atoms with van der Waals surface area (Å²) < 4.78 is 1.19. The molecule has 0 aliphatic rings. The Morgan fingerprint density at radius 3 is 1.56 bits per heavy atom.